The molecule has 6 heteroatoms. The van der Waals surface area contributed by atoms with E-state index in [-0.39, 0.29) is 29.3 Å². The van der Waals surface area contributed by atoms with Gasteiger partial charge in [0.1, 0.15) is 11.5 Å². The lowest BCUT2D eigenvalue weighted by Gasteiger charge is -2.42. The normalized spacial score (nSPS) is 23.3. The maximum Gasteiger partial charge on any atom is 0.272 e. The van der Waals surface area contributed by atoms with Gasteiger partial charge in [0.05, 0.1) is 17.8 Å². The number of likely N-dealkylation sites (tertiary alicyclic amines) is 1. The van der Waals surface area contributed by atoms with E-state index in [4.69, 9.17) is 0 Å². The Labute approximate surface area is 172 Å². The highest BCUT2D eigenvalue weighted by molar-refractivity contribution is 5.93. The zero-order valence-corrected chi connectivity index (χ0v) is 17.9. The van der Waals surface area contributed by atoms with Crippen molar-refractivity contribution in [1.29, 1.82) is 0 Å². The fraction of sp³-hybridized carbons (Fsp3) is 0.565. The number of anilines is 1. The first kappa shape index (κ1) is 19.9. The van der Waals surface area contributed by atoms with Crippen molar-refractivity contribution in [2.45, 2.75) is 70.5 Å². The maximum absolute atomic E-state index is 13.5. The van der Waals surface area contributed by atoms with Crippen LogP contribution in [0.15, 0.2) is 30.3 Å². The van der Waals surface area contributed by atoms with Crippen LogP contribution >= 0.6 is 0 Å². The number of carbonyl (C=O) groups is 1. The standard InChI is InChI=1S/C23H31FN4O/c1-5-7-17-14-20(26(4)25-17)22(29)27-13-6-8-19-21(27)15-23(2,3)28(19)18-11-9-16(24)10-12-18/h9-12,14,19,21H,5-8,13,15H2,1-4H3/t19-,21-/m0/s1. The predicted molar refractivity (Wildman–Crippen MR) is 113 cm³/mol. The average Bonchev–Trinajstić information content (AvgIpc) is 3.17. The molecular formula is C23H31FN4O. The molecule has 29 heavy (non-hydrogen) atoms. The molecule has 1 aromatic carbocycles. The minimum atomic E-state index is -0.221. The predicted octanol–water partition coefficient (Wildman–Crippen LogP) is 4.17. The van der Waals surface area contributed by atoms with Crippen molar-refractivity contribution in [3.63, 3.8) is 0 Å². The van der Waals surface area contributed by atoms with Crippen LogP contribution in [0.5, 0.6) is 0 Å². The molecule has 1 aromatic heterocycles. The Kier molecular flexibility index (Phi) is 5.13. The molecule has 0 radical (unpaired) electrons. The van der Waals surface area contributed by atoms with E-state index in [1.165, 1.54) is 12.1 Å². The van der Waals surface area contributed by atoms with Crippen molar-refractivity contribution in [2.75, 3.05) is 11.4 Å². The highest BCUT2D eigenvalue weighted by Gasteiger charge is 2.51. The summed E-state index contributed by atoms with van der Waals surface area (Å²) >= 11 is 0. The van der Waals surface area contributed by atoms with Crippen molar-refractivity contribution in [1.82, 2.24) is 14.7 Å². The van der Waals surface area contributed by atoms with Crippen LogP contribution in [0.25, 0.3) is 0 Å². The van der Waals surface area contributed by atoms with Gasteiger partial charge in [-0.05, 0) is 69.9 Å². The number of piperidine rings is 1. The second-order valence-corrected chi connectivity index (χ2v) is 9.03. The van der Waals surface area contributed by atoms with Gasteiger partial charge in [0.25, 0.3) is 5.91 Å². The van der Waals surface area contributed by atoms with Crippen LogP contribution in [0.2, 0.25) is 0 Å². The van der Waals surface area contributed by atoms with Gasteiger partial charge >= 0.3 is 0 Å². The fourth-order valence-electron chi connectivity index (χ4n) is 5.29. The van der Waals surface area contributed by atoms with Gasteiger partial charge < -0.3 is 9.80 Å². The number of hydrogen-bond donors (Lipinski definition) is 0. The number of nitrogens with zero attached hydrogens (tertiary/aromatic N) is 4. The van der Waals surface area contributed by atoms with Crippen LogP contribution in [0.4, 0.5) is 10.1 Å². The molecule has 2 fully saturated rings. The zero-order chi connectivity index (χ0) is 20.8. The summed E-state index contributed by atoms with van der Waals surface area (Å²) < 4.78 is 15.2. The lowest BCUT2D eigenvalue weighted by atomic mass is 9.93. The van der Waals surface area contributed by atoms with Crippen LogP contribution < -0.4 is 4.90 Å². The van der Waals surface area contributed by atoms with E-state index in [2.05, 4.69) is 35.7 Å². The van der Waals surface area contributed by atoms with E-state index in [0.29, 0.717) is 5.69 Å². The number of carbonyl (C=O) groups excluding carboxylic acids is 1. The van der Waals surface area contributed by atoms with E-state index >= 15 is 0 Å². The number of aromatic nitrogens is 2. The molecule has 2 saturated heterocycles. The van der Waals surface area contributed by atoms with Crippen molar-refractivity contribution < 1.29 is 9.18 Å². The number of rotatable bonds is 4. The molecule has 2 aliphatic heterocycles. The minimum absolute atomic E-state index is 0.0776. The number of aryl methyl sites for hydroxylation is 2. The van der Waals surface area contributed by atoms with Crippen LogP contribution in [-0.2, 0) is 13.5 Å². The molecule has 0 saturated carbocycles. The first-order chi connectivity index (χ1) is 13.8. The molecule has 1 amide bonds. The molecule has 0 bridgehead atoms. The van der Waals surface area contributed by atoms with Gasteiger partial charge in [-0.25, -0.2) is 4.39 Å². The molecule has 3 heterocycles. The highest BCUT2D eigenvalue weighted by Crippen LogP contribution is 2.44. The third kappa shape index (κ3) is 3.53. The van der Waals surface area contributed by atoms with E-state index in [1.54, 1.807) is 4.68 Å². The summed E-state index contributed by atoms with van der Waals surface area (Å²) in [4.78, 5) is 17.9. The molecule has 2 aliphatic rings. The average molecular weight is 399 g/mol. The minimum Gasteiger partial charge on any atom is -0.361 e. The summed E-state index contributed by atoms with van der Waals surface area (Å²) in [5.41, 5.74) is 2.58. The van der Waals surface area contributed by atoms with Crippen molar-refractivity contribution >= 4 is 11.6 Å². The number of benzene rings is 1. The number of amides is 1. The van der Waals surface area contributed by atoms with Gasteiger partial charge in [-0.3, -0.25) is 9.48 Å². The Morgan fingerprint density at radius 1 is 1.24 bits per heavy atom. The Bertz CT molecular complexity index is 889. The van der Waals surface area contributed by atoms with Crippen LogP contribution in [-0.4, -0.2) is 44.8 Å². The third-order valence-electron chi connectivity index (χ3n) is 6.46. The molecule has 0 spiro atoms. The van der Waals surface area contributed by atoms with E-state index in [1.807, 2.05) is 25.2 Å². The smallest absolute Gasteiger partial charge is 0.272 e. The Morgan fingerprint density at radius 2 is 1.97 bits per heavy atom. The maximum atomic E-state index is 13.5. The fourth-order valence-corrected chi connectivity index (χ4v) is 5.29. The molecular weight excluding hydrogens is 367 g/mol. The third-order valence-corrected chi connectivity index (χ3v) is 6.46. The zero-order valence-electron chi connectivity index (χ0n) is 17.9. The van der Waals surface area contributed by atoms with Crippen LogP contribution in [0, 0.1) is 5.82 Å². The van der Waals surface area contributed by atoms with Crippen molar-refractivity contribution in [3.8, 4) is 0 Å². The second-order valence-electron chi connectivity index (χ2n) is 9.03. The van der Waals surface area contributed by atoms with Gasteiger partial charge in [-0.1, -0.05) is 13.3 Å². The lowest BCUT2D eigenvalue weighted by molar-refractivity contribution is 0.0594. The molecule has 4 rings (SSSR count). The van der Waals surface area contributed by atoms with Gasteiger partial charge in [-0.2, -0.15) is 5.10 Å². The molecule has 156 valence electrons. The first-order valence-electron chi connectivity index (χ1n) is 10.7. The lowest BCUT2D eigenvalue weighted by Crippen LogP contribution is -2.53. The monoisotopic (exact) mass is 398 g/mol. The molecule has 5 nitrogen and oxygen atoms in total. The topological polar surface area (TPSA) is 41.4 Å². The summed E-state index contributed by atoms with van der Waals surface area (Å²) in [5.74, 6) is -0.143. The molecule has 2 atom stereocenters. The molecule has 0 aliphatic carbocycles. The second kappa shape index (κ2) is 7.47. The van der Waals surface area contributed by atoms with E-state index < -0.39 is 0 Å². The SMILES string of the molecule is CCCc1cc(C(=O)N2CCC[C@H]3[C@@H]2CC(C)(C)N3c2ccc(F)cc2)n(C)n1. The number of halogens is 1. The summed E-state index contributed by atoms with van der Waals surface area (Å²) in [5, 5.41) is 4.52. The number of fused-ring (bicyclic) bond motifs is 1. The van der Waals surface area contributed by atoms with Crippen molar-refractivity contribution in [3.05, 3.63) is 47.5 Å². The van der Waals surface area contributed by atoms with E-state index in [9.17, 15) is 9.18 Å². The van der Waals surface area contributed by atoms with Crippen molar-refractivity contribution in [2.24, 2.45) is 7.05 Å². The largest absolute Gasteiger partial charge is 0.361 e. The van der Waals surface area contributed by atoms with Gasteiger partial charge in [-0.15, -0.1) is 0 Å². The van der Waals surface area contributed by atoms with Crippen LogP contribution in [0.1, 0.15) is 62.6 Å². The Hall–Kier alpha value is -2.37. The quantitative estimate of drug-likeness (QED) is 0.776. The van der Waals surface area contributed by atoms with Gasteiger partial charge in [0, 0.05) is 24.8 Å². The summed E-state index contributed by atoms with van der Waals surface area (Å²) in [6.45, 7) is 7.35. The highest BCUT2D eigenvalue weighted by atomic mass is 19.1. The first-order valence-corrected chi connectivity index (χ1v) is 10.7. The molecule has 0 N–H and O–H groups in total. The summed E-state index contributed by atoms with van der Waals surface area (Å²) in [7, 11) is 1.86. The van der Waals surface area contributed by atoms with Gasteiger partial charge in [0.15, 0.2) is 0 Å². The molecule has 2 aromatic rings. The summed E-state index contributed by atoms with van der Waals surface area (Å²) in [6.07, 6.45) is 4.82. The Morgan fingerprint density at radius 3 is 2.66 bits per heavy atom. The van der Waals surface area contributed by atoms with Gasteiger partial charge in [0.2, 0.25) is 0 Å². The van der Waals surface area contributed by atoms with E-state index in [0.717, 1.165) is 50.0 Å². The summed E-state index contributed by atoms with van der Waals surface area (Å²) in [6, 6.07) is 9.12. The number of hydrogen-bond acceptors (Lipinski definition) is 3. The molecule has 0 unspecified atom stereocenters. The Balaban J connectivity index is 1.63. The van der Waals surface area contributed by atoms with Crippen LogP contribution in [0.3, 0.4) is 0 Å².